The maximum absolute atomic E-state index is 13.4. The van der Waals surface area contributed by atoms with Crippen LogP contribution in [0, 0.1) is 5.82 Å². The minimum Gasteiger partial charge on any atom is -0.349 e. The summed E-state index contributed by atoms with van der Waals surface area (Å²) in [5, 5.41) is 7.04. The fraction of sp³-hybridized carbons (Fsp3) is 0.308. The monoisotopic (exact) mass is 260 g/mol. The summed E-state index contributed by atoms with van der Waals surface area (Å²) in [4.78, 5) is 15.6. The van der Waals surface area contributed by atoms with Crippen LogP contribution in [0.1, 0.15) is 22.5 Å². The van der Waals surface area contributed by atoms with Gasteiger partial charge in [0.2, 0.25) is 0 Å². The second-order valence-electron chi connectivity index (χ2n) is 4.56. The molecule has 3 rings (SSSR count). The Morgan fingerprint density at radius 1 is 1.42 bits per heavy atom. The van der Waals surface area contributed by atoms with Gasteiger partial charge in [-0.3, -0.25) is 14.5 Å². The van der Waals surface area contributed by atoms with Gasteiger partial charge < -0.3 is 5.32 Å². The molecule has 0 aromatic carbocycles. The van der Waals surface area contributed by atoms with Crippen LogP contribution in [-0.2, 0) is 13.0 Å². The van der Waals surface area contributed by atoms with Gasteiger partial charge in [-0.1, -0.05) is 0 Å². The number of aryl methyl sites for hydroxylation is 1. The van der Waals surface area contributed by atoms with Crippen molar-refractivity contribution in [3.63, 3.8) is 0 Å². The van der Waals surface area contributed by atoms with E-state index in [2.05, 4.69) is 15.4 Å². The van der Waals surface area contributed by atoms with Gasteiger partial charge in [-0.15, -0.1) is 0 Å². The molecule has 2 aromatic rings. The number of nitrogens with one attached hydrogen (secondary N) is 1. The summed E-state index contributed by atoms with van der Waals surface area (Å²) in [6, 6.07) is 3.34. The van der Waals surface area contributed by atoms with E-state index in [9.17, 15) is 9.18 Å². The summed E-state index contributed by atoms with van der Waals surface area (Å²) in [6.45, 7) is 0.770. The van der Waals surface area contributed by atoms with Crippen LogP contribution in [-0.4, -0.2) is 26.7 Å². The summed E-state index contributed by atoms with van der Waals surface area (Å²) in [5.41, 5.74) is 1.13. The largest absolute Gasteiger partial charge is 0.349 e. The highest BCUT2D eigenvalue weighted by Gasteiger charge is 2.22. The van der Waals surface area contributed by atoms with Gasteiger partial charge in [0, 0.05) is 37.1 Å². The topological polar surface area (TPSA) is 59.8 Å². The molecule has 0 radical (unpaired) electrons. The minimum atomic E-state index is -0.596. The molecule has 0 saturated carbocycles. The Kier molecular flexibility index (Phi) is 2.98. The third-order valence-corrected chi connectivity index (χ3v) is 3.30. The summed E-state index contributed by atoms with van der Waals surface area (Å²) in [6.07, 6.45) is 5.73. The zero-order valence-corrected chi connectivity index (χ0v) is 10.2. The van der Waals surface area contributed by atoms with E-state index in [0.29, 0.717) is 0 Å². The van der Waals surface area contributed by atoms with Crippen LogP contribution in [0.5, 0.6) is 0 Å². The van der Waals surface area contributed by atoms with Gasteiger partial charge in [0.05, 0.1) is 11.8 Å². The van der Waals surface area contributed by atoms with Gasteiger partial charge in [0.15, 0.2) is 5.82 Å². The predicted octanol–water partition coefficient (Wildman–Crippen LogP) is 1.16. The third kappa shape index (κ3) is 2.33. The molecule has 1 aliphatic rings. The molecule has 98 valence electrons. The molecule has 0 fully saturated rings. The smallest absolute Gasteiger partial charge is 0.254 e. The maximum Gasteiger partial charge on any atom is 0.254 e. The molecule has 1 aliphatic heterocycles. The van der Waals surface area contributed by atoms with Crippen molar-refractivity contribution in [3.8, 4) is 0 Å². The number of nitrogens with zero attached hydrogens (tertiary/aromatic N) is 3. The normalized spacial score (nSPS) is 17.8. The molecule has 19 heavy (non-hydrogen) atoms. The zero-order valence-electron chi connectivity index (χ0n) is 10.2. The van der Waals surface area contributed by atoms with E-state index in [1.165, 1.54) is 12.3 Å². The van der Waals surface area contributed by atoms with E-state index < -0.39 is 11.7 Å². The molecule has 5 nitrogen and oxygen atoms in total. The molecule has 1 amide bonds. The number of hydrogen-bond acceptors (Lipinski definition) is 3. The first-order valence-electron chi connectivity index (χ1n) is 6.15. The van der Waals surface area contributed by atoms with Crippen molar-refractivity contribution >= 4 is 5.91 Å². The van der Waals surface area contributed by atoms with Crippen molar-refractivity contribution in [2.45, 2.75) is 25.4 Å². The standard InChI is InChI=1S/C13H13FN4O/c14-12-8-15-4-2-11(12)13(19)17-9-3-6-18-10(7-9)1-5-16-18/h1-2,4-5,8-9H,3,6-7H2,(H,17,19)/t9-/m0/s1. The Morgan fingerprint density at radius 3 is 3.16 bits per heavy atom. The predicted molar refractivity (Wildman–Crippen MR) is 66.0 cm³/mol. The fourth-order valence-corrected chi connectivity index (χ4v) is 2.31. The molecular weight excluding hydrogens is 247 g/mol. The molecule has 0 bridgehead atoms. The maximum atomic E-state index is 13.4. The average molecular weight is 260 g/mol. The van der Waals surface area contributed by atoms with Crippen LogP contribution < -0.4 is 5.32 Å². The van der Waals surface area contributed by atoms with E-state index in [-0.39, 0.29) is 11.6 Å². The second kappa shape index (κ2) is 4.79. The molecule has 0 saturated heterocycles. The Morgan fingerprint density at radius 2 is 2.32 bits per heavy atom. The van der Waals surface area contributed by atoms with Gasteiger partial charge in [0.25, 0.3) is 5.91 Å². The van der Waals surface area contributed by atoms with Crippen LogP contribution in [0.2, 0.25) is 0 Å². The van der Waals surface area contributed by atoms with E-state index >= 15 is 0 Å². The van der Waals surface area contributed by atoms with Crippen LogP contribution in [0.15, 0.2) is 30.7 Å². The lowest BCUT2D eigenvalue weighted by Gasteiger charge is -2.24. The number of amides is 1. The number of pyridine rings is 1. The molecule has 2 aromatic heterocycles. The lowest BCUT2D eigenvalue weighted by molar-refractivity contribution is 0.0926. The number of aromatic nitrogens is 3. The van der Waals surface area contributed by atoms with Crippen molar-refractivity contribution in [2.75, 3.05) is 0 Å². The molecule has 6 heteroatoms. The Bertz CT molecular complexity index is 610. The first-order valence-corrected chi connectivity index (χ1v) is 6.15. The van der Waals surface area contributed by atoms with Gasteiger partial charge in [-0.05, 0) is 18.6 Å². The molecule has 3 heterocycles. The number of fused-ring (bicyclic) bond motifs is 1. The van der Waals surface area contributed by atoms with Crippen LogP contribution >= 0.6 is 0 Å². The fourth-order valence-electron chi connectivity index (χ4n) is 2.31. The van der Waals surface area contributed by atoms with Crippen molar-refractivity contribution in [1.29, 1.82) is 0 Å². The second-order valence-corrected chi connectivity index (χ2v) is 4.56. The highest BCUT2D eigenvalue weighted by atomic mass is 19.1. The lowest BCUT2D eigenvalue weighted by Crippen LogP contribution is -2.40. The molecule has 0 spiro atoms. The number of halogens is 1. The highest BCUT2D eigenvalue weighted by Crippen LogP contribution is 2.14. The summed E-state index contributed by atoms with van der Waals surface area (Å²) in [7, 11) is 0. The van der Waals surface area contributed by atoms with Crippen molar-refractivity contribution in [3.05, 3.63) is 47.8 Å². The molecule has 0 unspecified atom stereocenters. The quantitative estimate of drug-likeness (QED) is 0.881. The number of carbonyl (C=O) groups excluding carboxylic acids is 1. The number of rotatable bonds is 2. The summed E-state index contributed by atoms with van der Waals surface area (Å²) < 4.78 is 15.4. The molecule has 0 aliphatic carbocycles. The van der Waals surface area contributed by atoms with E-state index in [1.807, 2.05) is 10.7 Å². The van der Waals surface area contributed by atoms with Crippen LogP contribution in [0.25, 0.3) is 0 Å². The third-order valence-electron chi connectivity index (χ3n) is 3.30. The van der Waals surface area contributed by atoms with E-state index in [4.69, 9.17) is 0 Å². The van der Waals surface area contributed by atoms with Crippen molar-refractivity contribution < 1.29 is 9.18 Å². The van der Waals surface area contributed by atoms with Crippen molar-refractivity contribution in [2.24, 2.45) is 0 Å². The van der Waals surface area contributed by atoms with Crippen molar-refractivity contribution in [1.82, 2.24) is 20.1 Å². The Labute approximate surface area is 109 Å². The minimum absolute atomic E-state index is 0.0178. The van der Waals surface area contributed by atoms with Gasteiger partial charge in [0.1, 0.15) is 0 Å². The van der Waals surface area contributed by atoms with E-state index in [1.54, 1.807) is 6.20 Å². The number of carbonyl (C=O) groups is 1. The van der Waals surface area contributed by atoms with Crippen LogP contribution in [0.3, 0.4) is 0 Å². The van der Waals surface area contributed by atoms with Crippen LogP contribution in [0.4, 0.5) is 4.39 Å². The summed E-state index contributed by atoms with van der Waals surface area (Å²) in [5.74, 6) is -0.987. The molecular formula is C13H13FN4O. The SMILES string of the molecule is O=C(N[C@H]1CCn2nccc2C1)c1ccncc1F. The molecule has 1 atom stereocenters. The van der Waals surface area contributed by atoms with Gasteiger partial charge in [-0.25, -0.2) is 4.39 Å². The summed E-state index contributed by atoms with van der Waals surface area (Å²) >= 11 is 0. The highest BCUT2D eigenvalue weighted by molar-refractivity contribution is 5.94. The number of hydrogen-bond donors (Lipinski definition) is 1. The first-order chi connectivity index (χ1) is 9.24. The Hall–Kier alpha value is -2.24. The van der Waals surface area contributed by atoms with Gasteiger partial charge >= 0.3 is 0 Å². The first kappa shape index (κ1) is 11.8. The van der Waals surface area contributed by atoms with Gasteiger partial charge in [-0.2, -0.15) is 5.10 Å². The van der Waals surface area contributed by atoms with E-state index in [0.717, 1.165) is 31.3 Å². The Balaban J connectivity index is 1.70. The zero-order chi connectivity index (χ0) is 13.2. The molecule has 1 N–H and O–H groups in total. The average Bonchev–Trinajstić information content (AvgIpc) is 2.86. The lowest BCUT2D eigenvalue weighted by atomic mass is 10.0.